The van der Waals surface area contributed by atoms with Crippen LogP contribution in [0.25, 0.3) is 27.8 Å². The molecular weight excluding hydrogens is 372 g/mol. The van der Waals surface area contributed by atoms with E-state index in [0.717, 1.165) is 40.9 Å². The number of hydrogen-bond donors (Lipinski definition) is 1. The third-order valence-electron chi connectivity index (χ3n) is 6.32. The summed E-state index contributed by atoms with van der Waals surface area (Å²) in [5.41, 5.74) is 5.05. The fraction of sp³-hybridized carbons (Fsp3) is 0.280. The summed E-state index contributed by atoms with van der Waals surface area (Å²) in [4.78, 5) is 17.5. The number of piperidine rings is 1. The lowest BCUT2D eigenvalue weighted by Crippen LogP contribution is -2.37. The van der Waals surface area contributed by atoms with Crippen molar-refractivity contribution in [2.24, 2.45) is 5.92 Å². The maximum Gasteiger partial charge on any atom is 0.251 e. The van der Waals surface area contributed by atoms with Crippen LogP contribution in [0.3, 0.4) is 0 Å². The van der Waals surface area contributed by atoms with E-state index in [0.29, 0.717) is 5.92 Å². The van der Waals surface area contributed by atoms with Crippen molar-refractivity contribution in [3.05, 3.63) is 83.5 Å². The lowest BCUT2D eigenvalue weighted by molar-refractivity contribution is 0.276. The van der Waals surface area contributed by atoms with Crippen LogP contribution in [0, 0.1) is 5.92 Å². The van der Waals surface area contributed by atoms with E-state index < -0.39 is 0 Å². The summed E-state index contributed by atoms with van der Waals surface area (Å²) in [6.45, 7) is 4.22. The number of rotatable bonds is 4. The SMILES string of the molecule is CC(C1CCCNC1)n1ccc(-c2ccc3c(c2)ncn3-c2ccccc2)cc1=O. The number of para-hydroxylation sites is 1. The first kappa shape index (κ1) is 18.8. The number of fused-ring (bicyclic) bond motifs is 1. The van der Waals surface area contributed by atoms with Crippen molar-refractivity contribution < 1.29 is 0 Å². The number of aromatic nitrogens is 3. The molecule has 1 N–H and O–H groups in total. The lowest BCUT2D eigenvalue weighted by Gasteiger charge is -2.29. The molecule has 2 unspecified atom stereocenters. The Labute approximate surface area is 176 Å². The van der Waals surface area contributed by atoms with Crippen molar-refractivity contribution in [1.29, 1.82) is 0 Å². The van der Waals surface area contributed by atoms with Gasteiger partial charge >= 0.3 is 0 Å². The molecule has 1 aliphatic rings. The van der Waals surface area contributed by atoms with Crippen LogP contribution in [0.1, 0.15) is 25.8 Å². The van der Waals surface area contributed by atoms with E-state index in [4.69, 9.17) is 0 Å². The van der Waals surface area contributed by atoms with Gasteiger partial charge < -0.3 is 9.88 Å². The molecule has 2 aromatic carbocycles. The third-order valence-corrected chi connectivity index (χ3v) is 6.32. The van der Waals surface area contributed by atoms with Gasteiger partial charge in [0, 0.05) is 24.0 Å². The monoisotopic (exact) mass is 398 g/mol. The van der Waals surface area contributed by atoms with Gasteiger partial charge in [0.15, 0.2) is 0 Å². The summed E-state index contributed by atoms with van der Waals surface area (Å²) >= 11 is 0. The van der Waals surface area contributed by atoms with Crippen LogP contribution < -0.4 is 10.9 Å². The van der Waals surface area contributed by atoms with Gasteiger partial charge in [-0.1, -0.05) is 24.3 Å². The third kappa shape index (κ3) is 3.46. The van der Waals surface area contributed by atoms with Crippen molar-refractivity contribution in [3.63, 3.8) is 0 Å². The molecule has 5 heteroatoms. The van der Waals surface area contributed by atoms with E-state index in [9.17, 15) is 4.79 Å². The summed E-state index contributed by atoms with van der Waals surface area (Å²) in [6, 6.07) is 20.4. The predicted octanol–water partition coefficient (Wildman–Crippen LogP) is 4.41. The van der Waals surface area contributed by atoms with Crippen LogP contribution in [-0.2, 0) is 0 Å². The van der Waals surface area contributed by atoms with Crippen LogP contribution in [0.15, 0.2) is 78.0 Å². The lowest BCUT2D eigenvalue weighted by atomic mass is 9.92. The van der Waals surface area contributed by atoms with Crippen molar-refractivity contribution >= 4 is 11.0 Å². The smallest absolute Gasteiger partial charge is 0.251 e. The number of imidazole rings is 1. The molecule has 0 spiro atoms. The van der Waals surface area contributed by atoms with E-state index in [1.54, 1.807) is 6.07 Å². The molecule has 4 aromatic rings. The first-order chi connectivity index (χ1) is 14.7. The minimum Gasteiger partial charge on any atom is -0.316 e. The molecule has 2 atom stereocenters. The summed E-state index contributed by atoms with van der Waals surface area (Å²) in [6.07, 6.45) is 6.14. The van der Waals surface area contributed by atoms with Crippen LogP contribution in [0.5, 0.6) is 0 Å². The molecule has 0 saturated carbocycles. The normalized spacial score (nSPS) is 17.8. The molecule has 0 aliphatic carbocycles. The molecule has 152 valence electrons. The molecule has 0 amide bonds. The van der Waals surface area contributed by atoms with Gasteiger partial charge in [-0.3, -0.25) is 9.36 Å². The summed E-state index contributed by atoms with van der Waals surface area (Å²) in [5.74, 6) is 0.501. The standard InChI is InChI=1S/C25H26N4O/c1-18(21-6-5-12-26-16-21)28-13-11-20(15-25(28)30)19-9-10-24-23(14-19)27-17-29(24)22-7-3-2-4-8-22/h2-4,7-11,13-15,17-18,21,26H,5-6,12,16H2,1H3. The van der Waals surface area contributed by atoms with Crippen molar-refractivity contribution in [2.45, 2.75) is 25.8 Å². The first-order valence-corrected chi connectivity index (χ1v) is 10.7. The zero-order chi connectivity index (χ0) is 20.5. The zero-order valence-corrected chi connectivity index (χ0v) is 17.2. The summed E-state index contributed by atoms with van der Waals surface area (Å²) in [5, 5.41) is 3.45. The number of pyridine rings is 1. The Balaban J connectivity index is 1.45. The molecular formula is C25H26N4O. The van der Waals surface area contributed by atoms with Gasteiger partial charge in [0.05, 0.1) is 11.0 Å². The van der Waals surface area contributed by atoms with Gasteiger partial charge in [-0.05, 0) is 80.2 Å². The van der Waals surface area contributed by atoms with E-state index in [1.165, 1.54) is 12.8 Å². The fourth-order valence-corrected chi connectivity index (χ4v) is 4.51. The largest absolute Gasteiger partial charge is 0.316 e. The predicted molar refractivity (Wildman–Crippen MR) is 121 cm³/mol. The van der Waals surface area contributed by atoms with Gasteiger partial charge in [0.25, 0.3) is 5.56 Å². The zero-order valence-electron chi connectivity index (χ0n) is 17.2. The number of nitrogens with one attached hydrogen (secondary N) is 1. The highest BCUT2D eigenvalue weighted by Gasteiger charge is 2.21. The van der Waals surface area contributed by atoms with Crippen molar-refractivity contribution in [2.75, 3.05) is 13.1 Å². The van der Waals surface area contributed by atoms with Gasteiger partial charge in [0.2, 0.25) is 0 Å². The molecule has 1 saturated heterocycles. The summed E-state index contributed by atoms with van der Waals surface area (Å²) in [7, 11) is 0. The second-order valence-corrected chi connectivity index (χ2v) is 8.16. The Morgan fingerprint density at radius 3 is 2.67 bits per heavy atom. The van der Waals surface area contributed by atoms with Crippen LogP contribution in [0.2, 0.25) is 0 Å². The quantitative estimate of drug-likeness (QED) is 0.554. The number of nitrogens with zero attached hydrogens (tertiary/aromatic N) is 3. The first-order valence-electron chi connectivity index (χ1n) is 10.7. The van der Waals surface area contributed by atoms with E-state index >= 15 is 0 Å². The van der Waals surface area contributed by atoms with E-state index in [-0.39, 0.29) is 11.6 Å². The van der Waals surface area contributed by atoms with E-state index in [2.05, 4.69) is 52.1 Å². The maximum absolute atomic E-state index is 12.9. The van der Waals surface area contributed by atoms with E-state index in [1.807, 2.05) is 41.4 Å². The Morgan fingerprint density at radius 2 is 1.90 bits per heavy atom. The van der Waals surface area contributed by atoms with Crippen LogP contribution >= 0.6 is 0 Å². The van der Waals surface area contributed by atoms with Gasteiger partial charge in [-0.25, -0.2) is 4.98 Å². The molecule has 0 bridgehead atoms. The van der Waals surface area contributed by atoms with Crippen molar-refractivity contribution in [1.82, 2.24) is 19.4 Å². The maximum atomic E-state index is 12.9. The fourth-order valence-electron chi connectivity index (χ4n) is 4.51. The molecule has 5 nitrogen and oxygen atoms in total. The average molecular weight is 399 g/mol. The molecule has 0 radical (unpaired) electrons. The second-order valence-electron chi connectivity index (χ2n) is 8.16. The topological polar surface area (TPSA) is 51.9 Å². The van der Waals surface area contributed by atoms with Crippen LogP contribution in [-0.4, -0.2) is 27.2 Å². The molecule has 3 heterocycles. The second kappa shape index (κ2) is 7.92. The Morgan fingerprint density at radius 1 is 1.07 bits per heavy atom. The summed E-state index contributed by atoms with van der Waals surface area (Å²) < 4.78 is 3.96. The van der Waals surface area contributed by atoms with Crippen molar-refractivity contribution in [3.8, 4) is 16.8 Å². The Bertz CT molecular complexity index is 1220. The highest BCUT2D eigenvalue weighted by molar-refractivity contribution is 5.83. The minimum absolute atomic E-state index is 0.0560. The van der Waals surface area contributed by atoms with Gasteiger partial charge in [0.1, 0.15) is 6.33 Å². The molecule has 2 aromatic heterocycles. The molecule has 1 aliphatic heterocycles. The number of hydrogen-bond acceptors (Lipinski definition) is 3. The molecule has 30 heavy (non-hydrogen) atoms. The van der Waals surface area contributed by atoms with Gasteiger partial charge in [-0.15, -0.1) is 0 Å². The Hall–Kier alpha value is -3.18. The Kier molecular flexibility index (Phi) is 4.97. The molecule has 5 rings (SSSR count). The van der Waals surface area contributed by atoms with Crippen LogP contribution in [0.4, 0.5) is 0 Å². The average Bonchev–Trinajstić information content (AvgIpc) is 3.23. The van der Waals surface area contributed by atoms with Gasteiger partial charge in [-0.2, -0.15) is 0 Å². The highest BCUT2D eigenvalue weighted by Crippen LogP contribution is 2.27. The number of benzene rings is 2. The minimum atomic E-state index is 0.0560. The molecule has 1 fully saturated rings. The highest BCUT2D eigenvalue weighted by atomic mass is 16.1.